The fraction of sp³-hybridized carbons (Fsp3) is 0.750. The number of amidine groups is 1. The Morgan fingerprint density at radius 3 is 2.64 bits per heavy atom. The lowest BCUT2D eigenvalue weighted by Gasteiger charge is -2.04. The average molecular weight is 222 g/mol. The predicted molar refractivity (Wildman–Crippen MR) is 56.7 cm³/mol. The number of alkyl halides is 1. The fourth-order valence-corrected chi connectivity index (χ4v) is 0.949. The normalized spacial score (nSPS) is 14.0. The molecule has 0 radical (unpaired) electrons. The number of rotatable bonds is 7. The van der Waals surface area contributed by atoms with Gasteiger partial charge >= 0.3 is 5.97 Å². The van der Waals surface area contributed by atoms with Crippen LogP contribution < -0.4 is 11.5 Å². The van der Waals surface area contributed by atoms with E-state index >= 15 is 0 Å². The number of carboxylic acid groups (broad SMARTS) is 1. The second-order valence-electron chi connectivity index (χ2n) is 2.95. The number of hydrogen-bond acceptors (Lipinski definition) is 3. The summed E-state index contributed by atoms with van der Waals surface area (Å²) in [6.07, 6.45) is 1.97. The molecule has 6 heteroatoms. The third-order valence-corrected chi connectivity index (χ3v) is 1.97. The van der Waals surface area contributed by atoms with Gasteiger partial charge < -0.3 is 16.6 Å². The lowest BCUT2D eigenvalue weighted by atomic mass is 10.1. The minimum Gasteiger partial charge on any atom is -0.480 e. The highest BCUT2D eigenvalue weighted by Crippen LogP contribution is 1.99. The van der Waals surface area contributed by atoms with Gasteiger partial charge in [0.1, 0.15) is 11.9 Å². The number of hydrogen-bond donors (Lipinski definition) is 3. The molecule has 5 N–H and O–H groups in total. The van der Waals surface area contributed by atoms with Gasteiger partial charge in [0.05, 0.1) is 5.88 Å². The van der Waals surface area contributed by atoms with Crippen LogP contribution in [-0.4, -0.2) is 35.4 Å². The van der Waals surface area contributed by atoms with Gasteiger partial charge in [0, 0.05) is 6.54 Å². The van der Waals surface area contributed by atoms with E-state index in [4.69, 9.17) is 28.2 Å². The fourth-order valence-electron chi connectivity index (χ4n) is 0.864. The average Bonchev–Trinajstić information content (AvgIpc) is 2.16. The molecule has 0 aliphatic heterocycles. The van der Waals surface area contributed by atoms with E-state index in [0.717, 1.165) is 12.8 Å². The summed E-state index contributed by atoms with van der Waals surface area (Å²) in [6.45, 7) is 0.574. The van der Waals surface area contributed by atoms with E-state index < -0.39 is 12.0 Å². The van der Waals surface area contributed by atoms with Crippen molar-refractivity contribution in [2.75, 3.05) is 12.4 Å². The molecule has 0 aliphatic rings. The molecular weight excluding hydrogens is 206 g/mol. The van der Waals surface area contributed by atoms with Crippen LogP contribution in [0.2, 0.25) is 0 Å². The van der Waals surface area contributed by atoms with Crippen LogP contribution in [0.4, 0.5) is 0 Å². The molecule has 0 spiro atoms. The number of carboxylic acids is 1. The Balaban J connectivity index is 3.43. The summed E-state index contributed by atoms with van der Waals surface area (Å²) in [7, 11) is 0. The topological polar surface area (TPSA) is 102 Å². The van der Waals surface area contributed by atoms with Crippen molar-refractivity contribution in [1.29, 1.82) is 0 Å². The molecule has 0 bridgehead atoms. The summed E-state index contributed by atoms with van der Waals surface area (Å²) in [5.74, 6) is -0.322. The highest BCUT2D eigenvalue weighted by molar-refractivity contribution is 6.27. The van der Waals surface area contributed by atoms with Gasteiger partial charge in [-0.3, -0.25) is 9.79 Å². The molecule has 0 saturated carbocycles. The van der Waals surface area contributed by atoms with Crippen LogP contribution in [0.5, 0.6) is 0 Å². The van der Waals surface area contributed by atoms with E-state index in [0.29, 0.717) is 18.8 Å². The molecule has 82 valence electrons. The van der Waals surface area contributed by atoms with Crippen LogP contribution in [0.15, 0.2) is 4.99 Å². The van der Waals surface area contributed by atoms with E-state index in [9.17, 15) is 4.79 Å². The van der Waals surface area contributed by atoms with Crippen molar-refractivity contribution in [2.45, 2.75) is 25.3 Å². The minimum atomic E-state index is -0.964. The molecule has 14 heavy (non-hydrogen) atoms. The number of aliphatic imine (C=N–C) groups is 1. The van der Waals surface area contributed by atoms with Crippen molar-refractivity contribution in [3.05, 3.63) is 0 Å². The summed E-state index contributed by atoms with van der Waals surface area (Å²) in [5.41, 5.74) is 10.7. The van der Waals surface area contributed by atoms with Crippen LogP contribution in [0.3, 0.4) is 0 Å². The third-order valence-electron chi connectivity index (χ3n) is 1.69. The van der Waals surface area contributed by atoms with Crippen molar-refractivity contribution in [3.63, 3.8) is 0 Å². The van der Waals surface area contributed by atoms with Crippen LogP contribution >= 0.6 is 11.6 Å². The molecule has 0 rings (SSSR count). The summed E-state index contributed by atoms with van der Waals surface area (Å²) in [4.78, 5) is 14.3. The second kappa shape index (κ2) is 7.58. The zero-order valence-corrected chi connectivity index (χ0v) is 8.70. The molecule has 0 heterocycles. The molecule has 0 aliphatic carbocycles. The molecule has 5 nitrogen and oxygen atoms in total. The molecule has 1 atom stereocenters. The Hall–Kier alpha value is -0.810. The Labute approximate surface area is 88.1 Å². The number of nitrogens with zero attached hydrogens (tertiary/aromatic N) is 1. The van der Waals surface area contributed by atoms with Crippen LogP contribution in [0.1, 0.15) is 19.3 Å². The largest absolute Gasteiger partial charge is 0.480 e. The van der Waals surface area contributed by atoms with Gasteiger partial charge in [0.15, 0.2) is 0 Å². The van der Waals surface area contributed by atoms with Gasteiger partial charge in [-0.2, -0.15) is 0 Å². The Kier molecular flexibility index (Phi) is 7.14. The number of unbranched alkanes of at least 4 members (excludes halogenated alkanes) is 1. The number of nitrogens with two attached hydrogens (primary N) is 2. The van der Waals surface area contributed by atoms with Gasteiger partial charge in [-0.15, -0.1) is 11.6 Å². The van der Waals surface area contributed by atoms with Gasteiger partial charge in [0.25, 0.3) is 0 Å². The van der Waals surface area contributed by atoms with Gasteiger partial charge in [-0.25, -0.2) is 0 Å². The minimum absolute atomic E-state index is 0.231. The van der Waals surface area contributed by atoms with E-state index in [1.807, 2.05) is 0 Å². The van der Waals surface area contributed by atoms with Crippen LogP contribution in [0.25, 0.3) is 0 Å². The second-order valence-corrected chi connectivity index (χ2v) is 3.21. The molecule has 0 aromatic rings. The van der Waals surface area contributed by atoms with Crippen molar-refractivity contribution in [3.8, 4) is 0 Å². The van der Waals surface area contributed by atoms with Crippen molar-refractivity contribution in [1.82, 2.24) is 0 Å². The Morgan fingerprint density at radius 1 is 1.50 bits per heavy atom. The first-order valence-corrected chi connectivity index (χ1v) is 4.94. The molecule has 0 aromatic carbocycles. The predicted octanol–water partition coefficient (Wildman–Crippen LogP) is 0.165. The Bertz CT molecular complexity index is 209. The summed E-state index contributed by atoms with van der Waals surface area (Å²) in [5, 5.41) is 8.47. The van der Waals surface area contributed by atoms with Crippen molar-refractivity contribution >= 4 is 23.4 Å². The van der Waals surface area contributed by atoms with Crippen LogP contribution in [-0.2, 0) is 4.79 Å². The van der Waals surface area contributed by atoms with Crippen molar-refractivity contribution < 1.29 is 9.90 Å². The number of aliphatic carboxylic acids is 1. The zero-order chi connectivity index (χ0) is 11.0. The molecule has 0 unspecified atom stereocenters. The number of carbonyl (C=O) groups is 1. The van der Waals surface area contributed by atoms with Gasteiger partial charge in [0.2, 0.25) is 0 Å². The summed E-state index contributed by atoms with van der Waals surface area (Å²) >= 11 is 5.40. The lowest BCUT2D eigenvalue weighted by molar-refractivity contribution is -0.138. The third kappa shape index (κ3) is 6.68. The quantitative estimate of drug-likeness (QED) is 0.247. The molecule has 0 amide bonds. The molecule has 0 aromatic heterocycles. The molecule has 0 fully saturated rings. The maximum atomic E-state index is 10.3. The van der Waals surface area contributed by atoms with E-state index in [2.05, 4.69) is 4.99 Å². The van der Waals surface area contributed by atoms with Gasteiger partial charge in [-0.1, -0.05) is 0 Å². The highest BCUT2D eigenvalue weighted by atomic mass is 35.5. The molecule has 0 saturated heterocycles. The monoisotopic (exact) mass is 221 g/mol. The SMILES string of the molecule is NC(CCl)=NCCCC[C@H](N)C(=O)O. The highest BCUT2D eigenvalue weighted by Gasteiger charge is 2.09. The van der Waals surface area contributed by atoms with E-state index in [1.165, 1.54) is 0 Å². The van der Waals surface area contributed by atoms with E-state index in [-0.39, 0.29) is 5.88 Å². The maximum absolute atomic E-state index is 10.3. The Morgan fingerprint density at radius 2 is 2.14 bits per heavy atom. The first kappa shape index (κ1) is 13.2. The molecular formula is C8H16ClN3O2. The summed E-state index contributed by atoms with van der Waals surface area (Å²) < 4.78 is 0. The summed E-state index contributed by atoms with van der Waals surface area (Å²) in [6, 6.07) is -0.774. The maximum Gasteiger partial charge on any atom is 0.320 e. The first-order valence-electron chi connectivity index (χ1n) is 4.41. The zero-order valence-electron chi connectivity index (χ0n) is 7.95. The van der Waals surface area contributed by atoms with E-state index in [1.54, 1.807) is 0 Å². The van der Waals surface area contributed by atoms with Crippen LogP contribution in [0, 0.1) is 0 Å². The van der Waals surface area contributed by atoms with Crippen molar-refractivity contribution in [2.24, 2.45) is 16.5 Å². The standard InChI is InChI=1S/C8H16ClN3O2/c9-5-7(11)12-4-2-1-3-6(10)8(13)14/h6H,1-5,10H2,(H2,11,12)(H,13,14)/t6-/m0/s1. The van der Waals surface area contributed by atoms with Gasteiger partial charge in [-0.05, 0) is 19.3 Å². The first-order chi connectivity index (χ1) is 6.57. The lowest BCUT2D eigenvalue weighted by Crippen LogP contribution is -2.29. The smallest absolute Gasteiger partial charge is 0.320 e. The number of halogens is 1.